The highest BCUT2D eigenvalue weighted by Crippen LogP contribution is 2.25. The lowest BCUT2D eigenvalue weighted by Gasteiger charge is -2.22. The van der Waals surface area contributed by atoms with Gasteiger partial charge in [-0.2, -0.15) is 0 Å². The molecule has 10 nitrogen and oxygen atoms in total. The summed E-state index contributed by atoms with van der Waals surface area (Å²) in [7, 11) is 1.35. The topological polar surface area (TPSA) is 154 Å². The van der Waals surface area contributed by atoms with Gasteiger partial charge in [0.2, 0.25) is 17.7 Å². The van der Waals surface area contributed by atoms with Crippen molar-refractivity contribution in [2.24, 2.45) is 5.73 Å². The largest absolute Gasteiger partial charge is 0.496 e. The van der Waals surface area contributed by atoms with Crippen LogP contribution in [-0.2, 0) is 27.2 Å². The number of nitro groups is 1. The van der Waals surface area contributed by atoms with E-state index < -0.39 is 40.5 Å². The minimum atomic E-state index is -1.27. The number of rotatable bonds is 10. The molecular formula is C21H23FN4O6. The molecule has 0 aliphatic heterocycles. The fourth-order valence-corrected chi connectivity index (χ4v) is 3.09. The molecule has 2 aromatic carbocycles. The Kier molecular flexibility index (Phi) is 8.22. The van der Waals surface area contributed by atoms with Crippen LogP contribution in [0.1, 0.15) is 18.1 Å². The molecule has 2 aromatic rings. The van der Waals surface area contributed by atoms with Crippen molar-refractivity contribution in [1.82, 2.24) is 10.6 Å². The van der Waals surface area contributed by atoms with E-state index in [1.54, 1.807) is 6.07 Å². The van der Waals surface area contributed by atoms with E-state index in [-0.39, 0.29) is 35.4 Å². The van der Waals surface area contributed by atoms with Crippen LogP contribution in [0.25, 0.3) is 0 Å². The number of hydrogen-bond donors (Lipinski definition) is 3. The SMILES string of the molecule is COc1ccc([N+](=O)[O-])cc1C[C@@H](NC(=O)[C@@H](Cc1ccccc1F)NC(C)=O)C(N)=O. The molecule has 0 fully saturated rings. The fourth-order valence-electron chi connectivity index (χ4n) is 3.09. The van der Waals surface area contributed by atoms with Crippen molar-refractivity contribution in [1.29, 1.82) is 0 Å². The van der Waals surface area contributed by atoms with Crippen LogP contribution in [0.4, 0.5) is 10.1 Å². The van der Waals surface area contributed by atoms with Crippen molar-refractivity contribution in [3.05, 3.63) is 69.5 Å². The maximum atomic E-state index is 14.0. The molecule has 0 spiro atoms. The maximum Gasteiger partial charge on any atom is 0.269 e. The molecule has 11 heteroatoms. The molecule has 0 radical (unpaired) electrons. The van der Waals surface area contributed by atoms with Crippen molar-refractivity contribution < 1.29 is 28.4 Å². The number of halogens is 1. The first-order chi connectivity index (χ1) is 15.1. The first kappa shape index (κ1) is 24.3. The number of nitrogens with two attached hydrogens (primary N) is 1. The quantitative estimate of drug-likeness (QED) is 0.365. The highest BCUT2D eigenvalue weighted by molar-refractivity contribution is 5.91. The van der Waals surface area contributed by atoms with Gasteiger partial charge in [-0.05, 0) is 17.7 Å². The van der Waals surface area contributed by atoms with Crippen LogP contribution in [0.3, 0.4) is 0 Å². The summed E-state index contributed by atoms with van der Waals surface area (Å²) in [5, 5.41) is 15.9. The van der Waals surface area contributed by atoms with Gasteiger partial charge in [0, 0.05) is 37.5 Å². The minimum absolute atomic E-state index is 0.163. The number of nitro benzene ring substituents is 1. The van der Waals surface area contributed by atoms with E-state index in [4.69, 9.17) is 10.5 Å². The monoisotopic (exact) mass is 446 g/mol. The van der Waals surface area contributed by atoms with Crippen LogP contribution in [0.5, 0.6) is 5.75 Å². The highest BCUT2D eigenvalue weighted by atomic mass is 19.1. The van der Waals surface area contributed by atoms with E-state index in [0.29, 0.717) is 0 Å². The Bertz CT molecular complexity index is 1030. The summed E-state index contributed by atoms with van der Waals surface area (Å²) in [4.78, 5) is 46.9. The smallest absolute Gasteiger partial charge is 0.269 e. The van der Waals surface area contributed by atoms with Crippen LogP contribution in [0.2, 0.25) is 0 Å². The Morgan fingerprint density at radius 3 is 2.31 bits per heavy atom. The zero-order valence-electron chi connectivity index (χ0n) is 17.5. The minimum Gasteiger partial charge on any atom is -0.496 e. The molecule has 32 heavy (non-hydrogen) atoms. The van der Waals surface area contributed by atoms with Crippen molar-refractivity contribution in [2.45, 2.75) is 31.8 Å². The Morgan fingerprint density at radius 2 is 1.75 bits per heavy atom. The number of ether oxygens (including phenoxy) is 1. The van der Waals surface area contributed by atoms with E-state index >= 15 is 0 Å². The fraction of sp³-hybridized carbons (Fsp3) is 0.286. The summed E-state index contributed by atoms with van der Waals surface area (Å²) >= 11 is 0. The summed E-state index contributed by atoms with van der Waals surface area (Å²) in [6.07, 6.45) is -0.359. The molecule has 170 valence electrons. The van der Waals surface area contributed by atoms with Crippen molar-refractivity contribution in [3.63, 3.8) is 0 Å². The number of nitrogens with one attached hydrogen (secondary N) is 2. The number of amides is 3. The van der Waals surface area contributed by atoms with Gasteiger partial charge in [0.25, 0.3) is 5.69 Å². The number of non-ortho nitro benzene ring substituents is 1. The molecule has 0 aromatic heterocycles. The summed E-state index contributed by atoms with van der Waals surface area (Å²) in [5.41, 5.74) is 5.66. The van der Waals surface area contributed by atoms with Gasteiger partial charge in [-0.3, -0.25) is 24.5 Å². The van der Waals surface area contributed by atoms with Gasteiger partial charge >= 0.3 is 0 Å². The van der Waals surface area contributed by atoms with Gasteiger partial charge < -0.3 is 21.1 Å². The highest BCUT2D eigenvalue weighted by Gasteiger charge is 2.27. The number of carbonyl (C=O) groups is 3. The molecule has 0 saturated carbocycles. The summed E-state index contributed by atoms with van der Waals surface area (Å²) in [6.45, 7) is 1.20. The third-order valence-corrected chi connectivity index (χ3v) is 4.63. The zero-order chi connectivity index (χ0) is 23.8. The van der Waals surface area contributed by atoms with E-state index in [1.165, 1.54) is 50.4 Å². The molecule has 0 heterocycles. The van der Waals surface area contributed by atoms with Gasteiger partial charge in [0.15, 0.2) is 0 Å². The lowest BCUT2D eigenvalue weighted by molar-refractivity contribution is -0.384. The molecule has 0 unspecified atom stereocenters. The van der Waals surface area contributed by atoms with Crippen LogP contribution in [0, 0.1) is 15.9 Å². The Hall–Kier alpha value is -4.02. The zero-order valence-corrected chi connectivity index (χ0v) is 17.5. The van der Waals surface area contributed by atoms with E-state index in [0.717, 1.165) is 0 Å². The first-order valence-electron chi connectivity index (χ1n) is 9.53. The first-order valence-corrected chi connectivity index (χ1v) is 9.53. The summed E-state index contributed by atoms with van der Waals surface area (Å²) < 4.78 is 19.2. The van der Waals surface area contributed by atoms with Gasteiger partial charge in [-0.25, -0.2) is 4.39 Å². The van der Waals surface area contributed by atoms with Gasteiger partial charge in [0.05, 0.1) is 12.0 Å². The molecule has 0 bridgehead atoms. The summed E-state index contributed by atoms with van der Waals surface area (Å²) in [6, 6.07) is 7.13. The Balaban J connectivity index is 2.26. The third-order valence-electron chi connectivity index (χ3n) is 4.63. The predicted molar refractivity (Wildman–Crippen MR) is 112 cm³/mol. The van der Waals surface area contributed by atoms with Crippen molar-refractivity contribution >= 4 is 23.4 Å². The molecule has 2 rings (SSSR count). The number of carbonyl (C=O) groups excluding carboxylic acids is 3. The summed E-state index contributed by atoms with van der Waals surface area (Å²) in [5.74, 6) is -2.49. The van der Waals surface area contributed by atoms with Gasteiger partial charge in [0.1, 0.15) is 23.7 Å². The Labute approximate surface area is 183 Å². The van der Waals surface area contributed by atoms with Crippen LogP contribution in [-0.4, -0.2) is 41.8 Å². The second kappa shape index (κ2) is 10.8. The second-order valence-corrected chi connectivity index (χ2v) is 6.97. The van der Waals surface area contributed by atoms with Crippen molar-refractivity contribution in [2.75, 3.05) is 7.11 Å². The molecule has 0 aliphatic rings. The lowest BCUT2D eigenvalue weighted by Crippen LogP contribution is -2.54. The average Bonchev–Trinajstić information content (AvgIpc) is 2.73. The Morgan fingerprint density at radius 1 is 1.09 bits per heavy atom. The number of hydrogen-bond acceptors (Lipinski definition) is 6. The molecule has 0 saturated heterocycles. The molecular weight excluding hydrogens is 423 g/mol. The van der Waals surface area contributed by atoms with Crippen LogP contribution in [0.15, 0.2) is 42.5 Å². The van der Waals surface area contributed by atoms with E-state index in [1.807, 2.05) is 0 Å². The number of methoxy groups -OCH3 is 1. The predicted octanol–water partition coefficient (Wildman–Crippen LogP) is 1.00. The van der Waals surface area contributed by atoms with E-state index in [2.05, 4.69) is 10.6 Å². The second-order valence-electron chi connectivity index (χ2n) is 6.97. The number of benzene rings is 2. The maximum absolute atomic E-state index is 14.0. The third kappa shape index (κ3) is 6.49. The van der Waals surface area contributed by atoms with Gasteiger partial charge in [-0.15, -0.1) is 0 Å². The molecule has 3 amide bonds. The molecule has 2 atom stereocenters. The van der Waals surface area contributed by atoms with Crippen LogP contribution < -0.4 is 21.1 Å². The normalized spacial score (nSPS) is 12.3. The molecule has 0 aliphatic carbocycles. The van der Waals surface area contributed by atoms with Crippen LogP contribution >= 0.6 is 0 Å². The molecule has 4 N–H and O–H groups in total. The van der Waals surface area contributed by atoms with Gasteiger partial charge in [-0.1, -0.05) is 18.2 Å². The standard InChI is InChI=1S/C21H23FN4O6/c1-12(27)24-18(10-13-5-3-4-6-16(13)22)21(29)25-17(20(23)28)11-14-9-15(26(30)31)7-8-19(14)32-2/h3-9,17-18H,10-11H2,1-2H3,(H2,23,28)(H,24,27)(H,25,29)/t17-,18-/m1/s1. The number of primary amides is 1. The average molecular weight is 446 g/mol. The van der Waals surface area contributed by atoms with Crippen molar-refractivity contribution in [3.8, 4) is 5.75 Å². The number of nitrogens with zero attached hydrogens (tertiary/aromatic N) is 1. The van der Waals surface area contributed by atoms with E-state index in [9.17, 15) is 28.9 Å². The lowest BCUT2D eigenvalue weighted by atomic mass is 10.0.